The summed E-state index contributed by atoms with van der Waals surface area (Å²) in [6.45, 7) is 2.28. The number of hydrogen-bond acceptors (Lipinski definition) is 1. The zero-order valence-electron chi connectivity index (χ0n) is 24.7. The third-order valence-electron chi connectivity index (χ3n) is 7.89. The van der Waals surface area contributed by atoms with Crippen LogP contribution in [-0.2, 0) is 5.41 Å². The van der Waals surface area contributed by atoms with Gasteiger partial charge in [-0.15, -0.1) is 0 Å². The van der Waals surface area contributed by atoms with Gasteiger partial charge in [-0.2, -0.15) is 0 Å². The predicted octanol–water partition coefficient (Wildman–Crippen LogP) is 10.4. The first-order chi connectivity index (χ1) is 19.8. The molecule has 1 heteroatoms. The lowest BCUT2D eigenvalue weighted by Gasteiger charge is -2.30. The molecule has 0 aromatic heterocycles. The van der Waals surface area contributed by atoms with Crippen LogP contribution < -0.4 is 0 Å². The summed E-state index contributed by atoms with van der Waals surface area (Å²) in [5.41, 5.74) is 2.83. The van der Waals surface area contributed by atoms with Crippen molar-refractivity contribution < 1.29 is 5.11 Å². The van der Waals surface area contributed by atoms with Crippen LogP contribution >= 0.6 is 0 Å². The summed E-state index contributed by atoms with van der Waals surface area (Å²) in [7, 11) is 0. The number of rotatable bonds is 18. The highest BCUT2D eigenvalue weighted by Crippen LogP contribution is 2.38. The Kier molecular flexibility index (Phi) is 15.0. The van der Waals surface area contributed by atoms with Crippen molar-refractivity contribution in [3.05, 3.63) is 120 Å². The minimum atomic E-state index is -0.589. The van der Waals surface area contributed by atoms with Crippen LogP contribution in [0.25, 0.3) is 0 Å². The van der Waals surface area contributed by atoms with Crippen LogP contribution in [0.5, 0.6) is 0 Å². The van der Waals surface area contributed by atoms with E-state index in [0.29, 0.717) is 0 Å². The molecule has 0 heterocycles. The number of benzene rings is 3. The second kappa shape index (κ2) is 19.1. The van der Waals surface area contributed by atoms with E-state index < -0.39 is 11.5 Å². The van der Waals surface area contributed by atoms with Crippen molar-refractivity contribution in [2.45, 2.75) is 108 Å². The van der Waals surface area contributed by atoms with E-state index in [9.17, 15) is 5.11 Å². The highest BCUT2D eigenvalue weighted by Gasteiger charge is 2.34. The molecule has 0 aliphatic rings. The van der Waals surface area contributed by atoms with Crippen LogP contribution in [0.15, 0.2) is 103 Å². The van der Waals surface area contributed by atoms with Crippen LogP contribution in [-0.4, -0.2) is 11.2 Å². The van der Waals surface area contributed by atoms with Crippen molar-refractivity contribution in [2.24, 2.45) is 0 Å². The second-order valence-electron chi connectivity index (χ2n) is 11.1. The van der Waals surface area contributed by atoms with Gasteiger partial charge in [-0.1, -0.05) is 193 Å². The molecule has 0 aliphatic heterocycles. The van der Waals surface area contributed by atoms with E-state index in [4.69, 9.17) is 0 Å². The summed E-state index contributed by atoms with van der Waals surface area (Å²) in [6, 6.07) is 31.5. The van der Waals surface area contributed by atoms with E-state index in [1.807, 2.05) is 30.4 Å². The van der Waals surface area contributed by atoms with Gasteiger partial charge >= 0.3 is 0 Å². The third-order valence-corrected chi connectivity index (χ3v) is 7.89. The molecular formula is C39H50O. The number of allylic oxidation sites excluding steroid dienone is 1. The monoisotopic (exact) mass is 534 g/mol. The molecule has 212 valence electrons. The topological polar surface area (TPSA) is 20.2 Å². The molecule has 0 bridgehead atoms. The Bertz CT molecular complexity index is 1020. The second-order valence-corrected chi connectivity index (χ2v) is 11.1. The van der Waals surface area contributed by atoms with Crippen molar-refractivity contribution in [3.8, 4) is 11.8 Å². The minimum absolute atomic E-state index is 0.443. The van der Waals surface area contributed by atoms with Gasteiger partial charge in [0, 0.05) is 0 Å². The van der Waals surface area contributed by atoms with Crippen LogP contribution in [0.4, 0.5) is 0 Å². The zero-order chi connectivity index (χ0) is 28.1. The lowest BCUT2D eigenvalue weighted by atomic mass is 9.70. The van der Waals surface area contributed by atoms with E-state index in [1.165, 1.54) is 77.0 Å². The van der Waals surface area contributed by atoms with Crippen LogP contribution in [0.1, 0.15) is 114 Å². The average Bonchev–Trinajstić information content (AvgIpc) is 3.01. The van der Waals surface area contributed by atoms with Gasteiger partial charge in [-0.05, 0) is 35.3 Å². The lowest BCUT2D eigenvalue weighted by molar-refractivity contribution is 0.208. The van der Waals surface area contributed by atoms with Gasteiger partial charge in [-0.3, -0.25) is 0 Å². The molecule has 40 heavy (non-hydrogen) atoms. The molecule has 1 atom stereocenters. The maximum Gasteiger partial charge on any atom is 0.106 e. The smallest absolute Gasteiger partial charge is 0.106 e. The Morgan fingerprint density at radius 1 is 0.575 bits per heavy atom. The standard InChI is InChI=1S/C39H50O/c1-2-3-4-5-6-7-8-9-10-11-12-13-23-32-38(40)33-24-25-34-39(35-26-17-14-18-27-35,36-28-19-15-20-29-36)37-30-21-16-22-31-37/h14-22,24,26-31,33,38,40H,2-13,23,32H2,1H3/b33-24+/t38-/m1/s1. The van der Waals surface area contributed by atoms with Gasteiger partial charge < -0.3 is 5.11 Å². The molecule has 3 aromatic rings. The van der Waals surface area contributed by atoms with Gasteiger partial charge in [0.1, 0.15) is 5.41 Å². The normalized spacial score (nSPS) is 12.2. The largest absolute Gasteiger partial charge is 0.389 e. The molecule has 0 spiro atoms. The maximum atomic E-state index is 10.6. The van der Waals surface area contributed by atoms with Gasteiger partial charge in [0.2, 0.25) is 0 Å². The molecule has 0 radical (unpaired) electrons. The van der Waals surface area contributed by atoms with Crippen molar-refractivity contribution >= 4 is 0 Å². The fourth-order valence-electron chi connectivity index (χ4n) is 5.56. The summed E-state index contributed by atoms with van der Waals surface area (Å²) in [6.07, 6.45) is 21.5. The van der Waals surface area contributed by atoms with Gasteiger partial charge in [-0.25, -0.2) is 0 Å². The van der Waals surface area contributed by atoms with Gasteiger partial charge in [0.15, 0.2) is 0 Å². The van der Waals surface area contributed by atoms with Crippen molar-refractivity contribution in [1.29, 1.82) is 0 Å². The first-order valence-corrected chi connectivity index (χ1v) is 15.8. The third kappa shape index (κ3) is 10.5. The molecule has 3 rings (SSSR count). The Balaban J connectivity index is 1.50. The molecule has 1 N–H and O–H groups in total. The first-order valence-electron chi connectivity index (χ1n) is 15.8. The molecule has 3 aromatic carbocycles. The molecule has 0 unspecified atom stereocenters. The summed E-state index contributed by atoms with van der Waals surface area (Å²) in [5, 5.41) is 10.6. The minimum Gasteiger partial charge on any atom is -0.389 e. The summed E-state index contributed by atoms with van der Waals surface area (Å²) in [5.74, 6) is 6.92. The van der Waals surface area contributed by atoms with E-state index in [1.54, 1.807) is 0 Å². The van der Waals surface area contributed by atoms with Crippen LogP contribution in [0.3, 0.4) is 0 Å². The predicted molar refractivity (Wildman–Crippen MR) is 172 cm³/mol. The number of unbranched alkanes of at least 4 members (excludes halogenated alkanes) is 12. The lowest BCUT2D eigenvalue weighted by Crippen LogP contribution is -2.27. The Morgan fingerprint density at radius 2 is 0.950 bits per heavy atom. The Labute approximate surface area is 244 Å². The van der Waals surface area contributed by atoms with Gasteiger partial charge in [0.05, 0.1) is 6.10 Å². The van der Waals surface area contributed by atoms with Crippen molar-refractivity contribution in [2.75, 3.05) is 0 Å². The van der Waals surface area contributed by atoms with E-state index in [2.05, 4.69) is 91.6 Å². The molecule has 0 aliphatic carbocycles. The summed E-state index contributed by atoms with van der Waals surface area (Å²) < 4.78 is 0. The summed E-state index contributed by atoms with van der Waals surface area (Å²) >= 11 is 0. The molecule has 0 fully saturated rings. The fourth-order valence-corrected chi connectivity index (χ4v) is 5.56. The van der Waals surface area contributed by atoms with E-state index >= 15 is 0 Å². The molecule has 0 saturated heterocycles. The molecular weight excluding hydrogens is 484 g/mol. The Morgan fingerprint density at radius 3 is 1.35 bits per heavy atom. The molecule has 0 saturated carbocycles. The van der Waals surface area contributed by atoms with Crippen LogP contribution in [0, 0.1) is 11.8 Å². The number of aliphatic hydroxyl groups excluding tert-OH is 1. The SMILES string of the molecule is CCCCCCCCCCCCCCC[C@@H](O)/C=C/C#CC(c1ccccc1)(c1ccccc1)c1ccccc1. The quantitative estimate of drug-likeness (QED) is 0.0977. The van der Waals surface area contributed by atoms with Gasteiger partial charge in [0.25, 0.3) is 0 Å². The van der Waals surface area contributed by atoms with E-state index in [0.717, 1.165) is 29.5 Å². The maximum absolute atomic E-state index is 10.6. The van der Waals surface area contributed by atoms with Crippen molar-refractivity contribution in [3.63, 3.8) is 0 Å². The number of hydrogen-bond donors (Lipinski definition) is 1. The first kappa shape index (κ1) is 31.4. The highest BCUT2D eigenvalue weighted by atomic mass is 16.3. The fraction of sp³-hybridized carbons (Fsp3) is 0.436. The Hall–Kier alpha value is -3.08. The summed E-state index contributed by atoms with van der Waals surface area (Å²) in [4.78, 5) is 0. The van der Waals surface area contributed by atoms with Crippen LogP contribution in [0.2, 0.25) is 0 Å². The highest BCUT2D eigenvalue weighted by molar-refractivity contribution is 5.58. The number of aliphatic hydroxyl groups is 1. The average molecular weight is 535 g/mol. The molecule has 0 amide bonds. The zero-order valence-corrected chi connectivity index (χ0v) is 24.7. The van der Waals surface area contributed by atoms with Crippen molar-refractivity contribution in [1.82, 2.24) is 0 Å². The molecule has 1 nitrogen and oxygen atoms in total. The van der Waals surface area contributed by atoms with E-state index in [-0.39, 0.29) is 0 Å².